The third-order valence-corrected chi connectivity index (χ3v) is 4.77. The third kappa shape index (κ3) is 3.39. The zero-order valence-corrected chi connectivity index (χ0v) is 14.8. The largest absolute Gasteiger partial charge is 0.338 e. The molecule has 1 aliphatic rings. The number of rotatable bonds is 3. The quantitative estimate of drug-likeness (QED) is 0.761. The van der Waals surface area contributed by atoms with Crippen LogP contribution < -0.4 is 5.32 Å². The normalized spacial score (nSPS) is 13.2. The summed E-state index contributed by atoms with van der Waals surface area (Å²) in [4.78, 5) is 14.5. The van der Waals surface area contributed by atoms with Crippen LogP contribution in [0, 0.1) is 0 Å². The van der Waals surface area contributed by atoms with Gasteiger partial charge in [-0.3, -0.25) is 4.79 Å². The van der Waals surface area contributed by atoms with Crippen molar-refractivity contribution in [3.8, 4) is 0 Å². The topological polar surface area (TPSA) is 58.1 Å². The summed E-state index contributed by atoms with van der Waals surface area (Å²) in [6, 6.07) is 19.0. The second-order valence-electron chi connectivity index (χ2n) is 6.15. The van der Waals surface area contributed by atoms with Gasteiger partial charge in [0.05, 0.1) is 10.7 Å². The van der Waals surface area contributed by atoms with Crippen LogP contribution in [0.4, 0.5) is 11.5 Å². The average molecular weight is 365 g/mol. The van der Waals surface area contributed by atoms with Crippen LogP contribution in [0.3, 0.4) is 0 Å². The molecule has 1 N–H and O–H groups in total. The minimum atomic E-state index is -0.101. The Kier molecular flexibility index (Phi) is 4.54. The number of carbonyl (C=O) groups is 1. The van der Waals surface area contributed by atoms with Gasteiger partial charge in [-0.25, -0.2) is 0 Å². The molecule has 130 valence electrons. The number of fused-ring (bicyclic) bond motifs is 1. The molecule has 4 rings (SSSR count). The maximum Gasteiger partial charge on any atom is 0.274 e. The fourth-order valence-electron chi connectivity index (χ4n) is 3.04. The van der Waals surface area contributed by atoms with Crippen molar-refractivity contribution in [3.63, 3.8) is 0 Å². The van der Waals surface area contributed by atoms with Gasteiger partial charge in [-0.1, -0.05) is 48.0 Å². The lowest BCUT2D eigenvalue weighted by Gasteiger charge is -2.28. The van der Waals surface area contributed by atoms with Crippen LogP contribution in [0.15, 0.2) is 60.7 Å². The summed E-state index contributed by atoms with van der Waals surface area (Å²) in [7, 11) is 0. The second-order valence-corrected chi connectivity index (χ2v) is 6.56. The number of benzene rings is 2. The first kappa shape index (κ1) is 16.5. The van der Waals surface area contributed by atoms with E-state index in [-0.39, 0.29) is 5.91 Å². The van der Waals surface area contributed by atoms with Crippen LogP contribution in [0.5, 0.6) is 0 Å². The highest BCUT2D eigenvalue weighted by molar-refractivity contribution is 6.33. The molecular formula is C20H17ClN4O. The molecule has 1 aliphatic heterocycles. The number of halogens is 1. The van der Waals surface area contributed by atoms with Crippen molar-refractivity contribution >= 4 is 29.0 Å². The number of nitrogens with one attached hydrogen (secondary N) is 1. The van der Waals surface area contributed by atoms with Crippen molar-refractivity contribution < 1.29 is 4.79 Å². The van der Waals surface area contributed by atoms with Gasteiger partial charge >= 0.3 is 0 Å². The summed E-state index contributed by atoms with van der Waals surface area (Å²) in [5.41, 5.74) is 3.59. The van der Waals surface area contributed by atoms with Gasteiger partial charge in [0.15, 0.2) is 11.5 Å². The number of nitrogens with zero attached hydrogens (tertiary/aromatic N) is 3. The predicted octanol–water partition coefficient (Wildman–Crippen LogP) is 4.07. The summed E-state index contributed by atoms with van der Waals surface area (Å²) in [6.45, 7) is 1.30. The monoisotopic (exact) mass is 364 g/mol. The minimum Gasteiger partial charge on any atom is -0.338 e. The van der Waals surface area contributed by atoms with E-state index in [2.05, 4.69) is 27.6 Å². The Balaban J connectivity index is 1.47. The van der Waals surface area contributed by atoms with E-state index < -0.39 is 0 Å². The highest BCUT2D eigenvalue weighted by Gasteiger charge is 2.22. The van der Waals surface area contributed by atoms with E-state index in [4.69, 9.17) is 11.6 Å². The Bertz CT molecular complexity index is 943. The fourth-order valence-corrected chi connectivity index (χ4v) is 3.23. The van der Waals surface area contributed by atoms with Crippen molar-refractivity contribution in [1.29, 1.82) is 0 Å². The summed E-state index contributed by atoms with van der Waals surface area (Å²) in [5, 5.41) is 11.9. The maximum atomic E-state index is 12.7. The Hall–Kier alpha value is -2.92. The van der Waals surface area contributed by atoms with E-state index in [0.29, 0.717) is 29.6 Å². The van der Waals surface area contributed by atoms with Gasteiger partial charge in [0.1, 0.15) is 0 Å². The van der Waals surface area contributed by atoms with E-state index in [1.165, 1.54) is 11.1 Å². The van der Waals surface area contributed by atoms with Crippen molar-refractivity contribution in [2.24, 2.45) is 0 Å². The summed E-state index contributed by atoms with van der Waals surface area (Å²) in [5.74, 6) is 0.440. The molecule has 6 heteroatoms. The third-order valence-electron chi connectivity index (χ3n) is 4.44. The Morgan fingerprint density at radius 2 is 1.73 bits per heavy atom. The molecule has 0 aliphatic carbocycles. The maximum absolute atomic E-state index is 12.7. The molecule has 2 heterocycles. The Morgan fingerprint density at radius 1 is 0.962 bits per heavy atom. The number of anilines is 2. The molecule has 0 bridgehead atoms. The Labute approximate surface area is 156 Å². The van der Waals surface area contributed by atoms with Gasteiger partial charge in [-0.15, -0.1) is 10.2 Å². The predicted molar refractivity (Wildman–Crippen MR) is 102 cm³/mol. The number of amides is 1. The second kappa shape index (κ2) is 7.14. The lowest BCUT2D eigenvalue weighted by atomic mass is 10.00. The summed E-state index contributed by atoms with van der Waals surface area (Å²) >= 11 is 6.13. The van der Waals surface area contributed by atoms with Gasteiger partial charge < -0.3 is 10.2 Å². The first-order chi connectivity index (χ1) is 12.7. The minimum absolute atomic E-state index is 0.101. The van der Waals surface area contributed by atoms with E-state index in [1.807, 2.05) is 35.2 Å². The lowest BCUT2D eigenvalue weighted by molar-refractivity contribution is 0.0727. The number of para-hydroxylation sites is 1. The zero-order chi connectivity index (χ0) is 17.9. The van der Waals surface area contributed by atoms with Crippen LogP contribution in [0.1, 0.15) is 21.6 Å². The first-order valence-corrected chi connectivity index (χ1v) is 8.80. The molecular weight excluding hydrogens is 348 g/mol. The molecule has 0 radical (unpaired) electrons. The van der Waals surface area contributed by atoms with Crippen molar-refractivity contribution in [3.05, 3.63) is 82.5 Å². The zero-order valence-electron chi connectivity index (χ0n) is 14.0. The molecule has 26 heavy (non-hydrogen) atoms. The van der Waals surface area contributed by atoms with Crippen LogP contribution in [-0.2, 0) is 13.0 Å². The van der Waals surface area contributed by atoms with Crippen molar-refractivity contribution in [1.82, 2.24) is 15.1 Å². The van der Waals surface area contributed by atoms with Gasteiger partial charge in [0.25, 0.3) is 5.91 Å². The molecule has 0 unspecified atom stereocenters. The number of hydrogen-bond donors (Lipinski definition) is 1. The molecule has 0 spiro atoms. The van der Waals surface area contributed by atoms with Gasteiger partial charge in [-0.05, 0) is 41.8 Å². The fraction of sp³-hybridized carbons (Fsp3) is 0.150. The molecule has 1 aromatic heterocycles. The summed E-state index contributed by atoms with van der Waals surface area (Å²) < 4.78 is 0. The number of aromatic nitrogens is 2. The highest BCUT2D eigenvalue weighted by atomic mass is 35.5. The van der Waals surface area contributed by atoms with Crippen LogP contribution in [0.2, 0.25) is 5.02 Å². The van der Waals surface area contributed by atoms with Crippen molar-refractivity contribution in [2.45, 2.75) is 13.0 Å². The van der Waals surface area contributed by atoms with E-state index in [9.17, 15) is 4.79 Å². The average Bonchev–Trinajstić information content (AvgIpc) is 2.69. The molecule has 5 nitrogen and oxygen atoms in total. The molecule has 0 fully saturated rings. The molecule has 0 saturated heterocycles. The lowest BCUT2D eigenvalue weighted by Crippen LogP contribution is -2.36. The van der Waals surface area contributed by atoms with E-state index in [0.717, 1.165) is 12.1 Å². The Morgan fingerprint density at radius 3 is 2.50 bits per heavy atom. The molecule has 1 amide bonds. The summed E-state index contributed by atoms with van der Waals surface area (Å²) in [6.07, 6.45) is 0.863. The van der Waals surface area contributed by atoms with Gasteiger partial charge in [-0.2, -0.15) is 0 Å². The van der Waals surface area contributed by atoms with Gasteiger partial charge in [0.2, 0.25) is 0 Å². The van der Waals surface area contributed by atoms with E-state index >= 15 is 0 Å². The first-order valence-electron chi connectivity index (χ1n) is 8.42. The molecule has 2 aromatic carbocycles. The molecule has 3 aromatic rings. The van der Waals surface area contributed by atoms with Crippen LogP contribution in [-0.4, -0.2) is 27.5 Å². The van der Waals surface area contributed by atoms with E-state index in [1.54, 1.807) is 18.2 Å². The number of hydrogen-bond acceptors (Lipinski definition) is 4. The van der Waals surface area contributed by atoms with Crippen LogP contribution in [0.25, 0.3) is 0 Å². The SMILES string of the molecule is O=C(c1ccc(Nc2ccccc2Cl)nn1)N1CCc2ccccc2C1. The molecule has 0 atom stereocenters. The van der Waals surface area contributed by atoms with Crippen LogP contribution >= 0.6 is 11.6 Å². The standard InChI is InChI=1S/C20H17ClN4O/c21-16-7-3-4-8-17(16)22-19-10-9-18(23-24-19)20(26)25-12-11-14-5-1-2-6-15(14)13-25/h1-10H,11-13H2,(H,22,24). The number of carbonyl (C=O) groups excluding carboxylic acids is 1. The van der Waals surface area contributed by atoms with Gasteiger partial charge in [0, 0.05) is 13.1 Å². The highest BCUT2D eigenvalue weighted by Crippen LogP contribution is 2.24. The molecule has 0 saturated carbocycles. The smallest absolute Gasteiger partial charge is 0.274 e. The van der Waals surface area contributed by atoms with Crippen molar-refractivity contribution in [2.75, 3.05) is 11.9 Å².